The minimum atomic E-state index is -0.512. The number of pyridine rings is 1. The van der Waals surface area contributed by atoms with Gasteiger partial charge in [0, 0.05) is 17.8 Å². The standard InChI is InChI=1S/C12H10ClN3O3/c13-10-4-3-9(16(17)18)6-11(10)19-7-8-2-1-5-15-12(8)14/h1-6H,7H2,(H2,14,15). The minimum Gasteiger partial charge on any atom is -0.487 e. The van der Waals surface area contributed by atoms with Gasteiger partial charge in [0.1, 0.15) is 18.2 Å². The van der Waals surface area contributed by atoms with Crippen LogP contribution in [0, 0.1) is 10.1 Å². The Morgan fingerprint density at radius 3 is 2.89 bits per heavy atom. The Morgan fingerprint density at radius 2 is 2.21 bits per heavy atom. The van der Waals surface area contributed by atoms with Crippen molar-refractivity contribution in [1.29, 1.82) is 0 Å². The SMILES string of the molecule is Nc1ncccc1COc1cc([N+](=O)[O-])ccc1Cl. The molecule has 1 aromatic carbocycles. The Morgan fingerprint density at radius 1 is 1.42 bits per heavy atom. The van der Waals surface area contributed by atoms with Crippen LogP contribution < -0.4 is 10.5 Å². The topological polar surface area (TPSA) is 91.3 Å². The van der Waals surface area contributed by atoms with Gasteiger partial charge in [-0.1, -0.05) is 17.7 Å². The van der Waals surface area contributed by atoms with Crippen LogP contribution in [0.4, 0.5) is 11.5 Å². The highest BCUT2D eigenvalue weighted by Crippen LogP contribution is 2.29. The molecule has 98 valence electrons. The Balaban J connectivity index is 2.17. The molecule has 0 amide bonds. The lowest BCUT2D eigenvalue weighted by molar-refractivity contribution is -0.384. The zero-order valence-corrected chi connectivity index (χ0v) is 10.5. The van der Waals surface area contributed by atoms with E-state index in [-0.39, 0.29) is 18.0 Å². The molecule has 0 saturated heterocycles. The minimum absolute atomic E-state index is 0.0847. The number of nitro groups is 1. The summed E-state index contributed by atoms with van der Waals surface area (Å²) < 4.78 is 5.44. The van der Waals surface area contributed by atoms with Crippen LogP contribution in [-0.4, -0.2) is 9.91 Å². The Kier molecular flexibility index (Phi) is 3.82. The maximum atomic E-state index is 10.7. The lowest BCUT2D eigenvalue weighted by Crippen LogP contribution is -2.02. The predicted octanol–water partition coefficient (Wildman–Crippen LogP) is 2.80. The van der Waals surface area contributed by atoms with E-state index in [0.717, 1.165) is 0 Å². The highest BCUT2D eigenvalue weighted by Gasteiger charge is 2.11. The molecular formula is C12H10ClN3O3. The van der Waals surface area contributed by atoms with E-state index in [1.807, 2.05) is 0 Å². The molecule has 0 radical (unpaired) electrons. The number of nitrogens with zero attached hydrogens (tertiary/aromatic N) is 2. The molecule has 0 bridgehead atoms. The molecule has 0 aliphatic carbocycles. The number of hydrogen-bond donors (Lipinski definition) is 1. The van der Waals surface area contributed by atoms with Crippen LogP contribution in [0.5, 0.6) is 5.75 Å². The van der Waals surface area contributed by atoms with Gasteiger partial charge in [-0.25, -0.2) is 4.98 Å². The van der Waals surface area contributed by atoms with Gasteiger partial charge in [0.25, 0.3) is 5.69 Å². The molecule has 19 heavy (non-hydrogen) atoms. The maximum absolute atomic E-state index is 10.7. The smallest absolute Gasteiger partial charge is 0.273 e. The molecule has 1 aromatic heterocycles. The van der Waals surface area contributed by atoms with Crippen LogP contribution in [-0.2, 0) is 6.61 Å². The van der Waals surface area contributed by atoms with E-state index in [4.69, 9.17) is 22.1 Å². The second-order valence-corrected chi connectivity index (χ2v) is 4.12. The second kappa shape index (κ2) is 5.53. The summed E-state index contributed by atoms with van der Waals surface area (Å²) in [5.74, 6) is 0.586. The lowest BCUT2D eigenvalue weighted by Gasteiger charge is -2.09. The fraction of sp³-hybridized carbons (Fsp3) is 0.0833. The molecule has 2 rings (SSSR count). The van der Waals surface area contributed by atoms with Crippen molar-refractivity contribution in [3.05, 3.63) is 57.2 Å². The van der Waals surface area contributed by atoms with Crippen molar-refractivity contribution < 1.29 is 9.66 Å². The van der Waals surface area contributed by atoms with Crippen molar-refractivity contribution in [3.8, 4) is 5.75 Å². The van der Waals surface area contributed by atoms with Crippen LogP contribution in [0.2, 0.25) is 5.02 Å². The largest absolute Gasteiger partial charge is 0.487 e. The number of nitrogen functional groups attached to an aromatic ring is 1. The normalized spacial score (nSPS) is 10.2. The van der Waals surface area contributed by atoms with Gasteiger partial charge in [0.05, 0.1) is 16.0 Å². The van der Waals surface area contributed by atoms with Crippen LogP contribution >= 0.6 is 11.6 Å². The molecule has 0 saturated carbocycles. The van der Waals surface area contributed by atoms with E-state index < -0.39 is 4.92 Å². The summed E-state index contributed by atoms with van der Waals surface area (Å²) in [5, 5.41) is 11.0. The summed E-state index contributed by atoms with van der Waals surface area (Å²) in [6, 6.07) is 7.49. The van der Waals surface area contributed by atoms with Gasteiger partial charge in [-0.15, -0.1) is 0 Å². The molecular weight excluding hydrogens is 270 g/mol. The third-order valence-electron chi connectivity index (χ3n) is 2.43. The van der Waals surface area contributed by atoms with Crippen molar-refractivity contribution in [3.63, 3.8) is 0 Å². The average molecular weight is 280 g/mol. The highest BCUT2D eigenvalue weighted by molar-refractivity contribution is 6.32. The van der Waals surface area contributed by atoms with E-state index in [9.17, 15) is 10.1 Å². The van der Waals surface area contributed by atoms with Crippen LogP contribution in [0.1, 0.15) is 5.56 Å². The number of non-ortho nitro benzene ring substituents is 1. The average Bonchev–Trinajstić information content (AvgIpc) is 2.39. The summed E-state index contributed by atoms with van der Waals surface area (Å²) in [4.78, 5) is 14.1. The lowest BCUT2D eigenvalue weighted by atomic mass is 10.2. The summed E-state index contributed by atoms with van der Waals surface area (Å²) in [7, 11) is 0. The Labute approximate surface area is 113 Å². The zero-order valence-electron chi connectivity index (χ0n) is 9.75. The van der Waals surface area contributed by atoms with Gasteiger partial charge in [0.15, 0.2) is 0 Å². The summed E-state index contributed by atoms with van der Waals surface area (Å²) in [5.41, 5.74) is 6.27. The first kappa shape index (κ1) is 13.1. The number of benzene rings is 1. The molecule has 0 atom stereocenters. The first-order valence-electron chi connectivity index (χ1n) is 5.34. The number of hydrogen-bond acceptors (Lipinski definition) is 5. The van der Waals surface area contributed by atoms with Gasteiger partial charge in [-0.2, -0.15) is 0 Å². The molecule has 0 fully saturated rings. The fourth-order valence-electron chi connectivity index (χ4n) is 1.44. The van der Waals surface area contributed by atoms with E-state index in [1.54, 1.807) is 18.3 Å². The summed E-state index contributed by atoms with van der Waals surface area (Å²) in [6.07, 6.45) is 1.57. The molecule has 0 aliphatic heterocycles. The third kappa shape index (κ3) is 3.11. The first-order valence-corrected chi connectivity index (χ1v) is 5.72. The number of halogens is 1. The van der Waals surface area contributed by atoms with Crippen molar-refractivity contribution in [2.45, 2.75) is 6.61 Å². The van der Waals surface area contributed by atoms with Gasteiger partial charge in [0.2, 0.25) is 0 Å². The molecule has 1 heterocycles. The van der Waals surface area contributed by atoms with E-state index >= 15 is 0 Å². The van der Waals surface area contributed by atoms with Crippen molar-refractivity contribution in [2.24, 2.45) is 0 Å². The van der Waals surface area contributed by atoms with Crippen molar-refractivity contribution in [2.75, 3.05) is 5.73 Å². The Bertz CT molecular complexity index is 619. The fourth-order valence-corrected chi connectivity index (χ4v) is 1.62. The van der Waals surface area contributed by atoms with Gasteiger partial charge in [-0.3, -0.25) is 10.1 Å². The van der Waals surface area contributed by atoms with E-state index in [2.05, 4.69) is 4.98 Å². The number of aromatic nitrogens is 1. The van der Waals surface area contributed by atoms with Gasteiger partial charge in [-0.05, 0) is 12.1 Å². The molecule has 2 N–H and O–H groups in total. The molecule has 2 aromatic rings. The number of anilines is 1. The molecule has 0 spiro atoms. The summed E-state index contributed by atoms with van der Waals surface area (Å²) >= 11 is 5.91. The second-order valence-electron chi connectivity index (χ2n) is 3.71. The number of rotatable bonds is 4. The van der Waals surface area contributed by atoms with Gasteiger partial charge < -0.3 is 10.5 Å². The first-order chi connectivity index (χ1) is 9.08. The number of ether oxygens (including phenoxy) is 1. The predicted molar refractivity (Wildman–Crippen MR) is 71.1 cm³/mol. The quantitative estimate of drug-likeness (QED) is 0.686. The van der Waals surface area contributed by atoms with Crippen LogP contribution in [0.25, 0.3) is 0 Å². The third-order valence-corrected chi connectivity index (χ3v) is 2.75. The van der Waals surface area contributed by atoms with Crippen molar-refractivity contribution in [1.82, 2.24) is 4.98 Å². The zero-order chi connectivity index (χ0) is 13.8. The van der Waals surface area contributed by atoms with Crippen molar-refractivity contribution >= 4 is 23.1 Å². The Hall–Kier alpha value is -2.34. The number of nitrogens with two attached hydrogens (primary N) is 1. The molecule has 7 heteroatoms. The highest BCUT2D eigenvalue weighted by atomic mass is 35.5. The summed E-state index contributed by atoms with van der Waals surface area (Å²) in [6.45, 7) is 0.139. The van der Waals surface area contributed by atoms with Gasteiger partial charge >= 0.3 is 0 Å². The van der Waals surface area contributed by atoms with Crippen LogP contribution in [0.15, 0.2) is 36.5 Å². The van der Waals surface area contributed by atoms with E-state index in [0.29, 0.717) is 16.4 Å². The maximum Gasteiger partial charge on any atom is 0.273 e. The molecule has 0 aliphatic rings. The monoisotopic (exact) mass is 279 g/mol. The molecule has 0 unspecified atom stereocenters. The molecule has 6 nitrogen and oxygen atoms in total. The van der Waals surface area contributed by atoms with E-state index in [1.165, 1.54) is 18.2 Å². The number of nitro benzene ring substituents is 1. The van der Waals surface area contributed by atoms with Crippen LogP contribution in [0.3, 0.4) is 0 Å².